The number of aliphatic imine (C=N–C) groups is 1. The summed E-state index contributed by atoms with van der Waals surface area (Å²) < 4.78 is 0. The Morgan fingerprint density at radius 3 is 2.25 bits per heavy atom. The smallest absolute Gasteiger partial charge is 0.135 e. The van der Waals surface area contributed by atoms with Gasteiger partial charge in [0.05, 0.1) is 6.17 Å². The Morgan fingerprint density at radius 1 is 1.42 bits per heavy atom. The number of hydrogen-bond acceptors (Lipinski definition) is 3. The van der Waals surface area contributed by atoms with E-state index >= 15 is 0 Å². The van der Waals surface area contributed by atoms with Gasteiger partial charge in [-0.3, -0.25) is 14.7 Å². The van der Waals surface area contributed by atoms with Crippen LogP contribution in [0.1, 0.15) is 27.2 Å². The fraction of sp³-hybridized carbons (Fsp3) is 0.778. The third-order valence-corrected chi connectivity index (χ3v) is 1.66. The van der Waals surface area contributed by atoms with Gasteiger partial charge in [0.2, 0.25) is 0 Å². The summed E-state index contributed by atoms with van der Waals surface area (Å²) in [6.45, 7) is 5.48. The molecule has 0 aliphatic rings. The molecular formula is C9H18N2O. The third-order valence-electron chi connectivity index (χ3n) is 1.66. The Labute approximate surface area is 74.5 Å². The highest BCUT2D eigenvalue weighted by molar-refractivity contribution is 5.99. The van der Waals surface area contributed by atoms with Gasteiger partial charge in [-0.25, -0.2) is 0 Å². The minimum absolute atomic E-state index is 0.157. The zero-order valence-corrected chi connectivity index (χ0v) is 8.59. The predicted molar refractivity (Wildman–Crippen MR) is 51.6 cm³/mol. The maximum Gasteiger partial charge on any atom is 0.135 e. The van der Waals surface area contributed by atoms with E-state index in [1.165, 1.54) is 0 Å². The zero-order valence-electron chi connectivity index (χ0n) is 8.59. The topological polar surface area (TPSA) is 32.7 Å². The van der Waals surface area contributed by atoms with Crippen LogP contribution in [0.15, 0.2) is 4.99 Å². The first-order valence-corrected chi connectivity index (χ1v) is 4.12. The number of ketones is 1. The van der Waals surface area contributed by atoms with E-state index in [9.17, 15) is 4.79 Å². The SMILES string of the molecule is CC(=O)CC(C)=NC(C)N(C)C. The van der Waals surface area contributed by atoms with Gasteiger partial charge in [-0.15, -0.1) is 0 Å². The molecular weight excluding hydrogens is 152 g/mol. The molecule has 1 unspecified atom stereocenters. The van der Waals surface area contributed by atoms with Crippen LogP contribution in [0.25, 0.3) is 0 Å². The van der Waals surface area contributed by atoms with Crippen LogP contribution >= 0.6 is 0 Å². The van der Waals surface area contributed by atoms with Crippen molar-refractivity contribution in [1.82, 2.24) is 4.90 Å². The molecule has 0 bridgehead atoms. The van der Waals surface area contributed by atoms with Gasteiger partial charge in [0.15, 0.2) is 0 Å². The van der Waals surface area contributed by atoms with Gasteiger partial charge >= 0.3 is 0 Å². The minimum atomic E-state index is 0.157. The molecule has 3 heteroatoms. The highest BCUT2D eigenvalue weighted by Gasteiger charge is 2.02. The van der Waals surface area contributed by atoms with E-state index in [0.29, 0.717) is 6.42 Å². The molecule has 70 valence electrons. The van der Waals surface area contributed by atoms with Crippen molar-refractivity contribution < 1.29 is 4.79 Å². The van der Waals surface area contributed by atoms with E-state index in [1.54, 1.807) is 6.92 Å². The molecule has 0 aromatic rings. The van der Waals surface area contributed by atoms with Crippen LogP contribution in [0, 0.1) is 0 Å². The Balaban J connectivity index is 4.06. The summed E-state index contributed by atoms with van der Waals surface area (Å²) in [6, 6.07) is 0. The Hall–Kier alpha value is -0.700. The molecule has 0 amide bonds. The lowest BCUT2D eigenvalue weighted by atomic mass is 10.2. The van der Waals surface area contributed by atoms with Crippen LogP contribution < -0.4 is 0 Å². The highest BCUT2D eigenvalue weighted by atomic mass is 16.1. The summed E-state index contributed by atoms with van der Waals surface area (Å²) in [4.78, 5) is 17.1. The molecule has 0 saturated carbocycles. The molecule has 0 N–H and O–H groups in total. The second kappa shape index (κ2) is 5.04. The van der Waals surface area contributed by atoms with Crippen molar-refractivity contribution in [3.05, 3.63) is 0 Å². The minimum Gasteiger partial charge on any atom is -0.300 e. The Bertz CT molecular complexity index is 185. The van der Waals surface area contributed by atoms with Crippen molar-refractivity contribution in [3.63, 3.8) is 0 Å². The number of carbonyl (C=O) groups excluding carboxylic acids is 1. The second-order valence-corrected chi connectivity index (χ2v) is 3.34. The quantitative estimate of drug-likeness (QED) is 0.596. The van der Waals surface area contributed by atoms with Crippen molar-refractivity contribution in [2.45, 2.75) is 33.4 Å². The van der Waals surface area contributed by atoms with Crippen LogP contribution in [-0.2, 0) is 4.79 Å². The first-order chi connectivity index (χ1) is 5.43. The summed E-state index contributed by atoms with van der Waals surface area (Å²) >= 11 is 0. The number of hydrogen-bond donors (Lipinski definition) is 0. The second-order valence-electron chi connectivity index (χ2n) is 3.34. The van der Waals surface area contributed by atoms with Gasteiger partial charge in [0.1, 0.15) is 5.78 Å². The van der Waals surface area contributed by atoms with Crippen molar-refractivity contribution in [2.75, 3.05) is 14.1 Å². The summed E-state index contributed by atoms with van der Waals surface area (Å²) in [6.07, 6.45) is 0.627. The molecule has 0 aliphatic heterocycles. The van der Waals surface area contributed by atoms with Gasteiger partial charge in [-0.1, -0.05) is 0 Å². The van der Waals surface area contributed by atoms with E-state index in [4.69, 9.17) is 0 Å². The molecule has 0 aromatic heterocycles. The molecule has 0 radical (unpaired) electrons. The summed E-state index contributed by atoms with van der Waals surface area (Å²) in [5, 5.41) is 0. The van der Waals surface area contributed by atoms with Gasteiger partial charge in [0.25, 0.3) is 0 Å². The molecule has 0 fully saturated rings. The molecule has 1 atom stereocenters. The lowest BCUT2D eigenvalue weighted by Crippen LogP contribution is -2.23. The van der Waals surface area contributed by atoms with E-state index in [0.717, 1.165) is 5.71 Å². The van der Waals surface area contributed by atoms with E-state index in [-0.39, 0.29) is 11.9 Å². The van der Waals surface area contributed by atoms with Gasteiger partial charge in [-0.2, -0.15) is 0 Å². The van der Waals surface area contributed by atoms with Gasteiger partial charge in [0, 0.05) is 12.1 Å². The van der Waals surface area contributed by atoms with Crippen molar-refractivity contribution in [1.29, 1.82) is 0 Å². The summed E-state index contributed by atoms with van der Waals surface area (Å²) in [7, 11) is 3.93. The molecule has 0 rings (SSSR count). The average Bonchev–Trinajstić information content (AvgIpc) is 1.84. The van der Waals surface area contributed by atoms with Crippen molar-refractivity contribution >= 4 is 11.5 Å². The highest BCUT2D eigenvalue weighted by Crippen LogP contribution is 1.97. The molecule has 12 heavy (non-hydrogen) atoms. The average molecular weight is 170 g/mol. The zero-order chi connectivity index (χ0) is 9.72. The van der Waals surface area contributed by atoms with Crippen molar-refractivity contribution in [3.8, 4) is 0 Å². The normalized spacial score (nSPS) is 15.0. The molecule has 0 aliphatic carbocycles. The van der Waals surface area contributed by atoms with Gasteiger partial charge in [-0.05, 0) is 34.9 Å². The number of nitrogens with zero attached hydrogens (tertiary/aromatic N) is 2. The van der Waals surface area contributed by atoms with Crippen LogP contribution in [0.2, 0.25) is 0 Å². The fourth-order valence-corrected chi connectivity index (χ4v) is 0.840. The van der Waals surface area contributed by atoms with E-state index in [1.807, 2.05) is 32.8 Å². The van der Waals surface area contributed by atoms with Crippen molar-refractivity contribution in [2.24, 2.45) is 4.99 Å². The number of Topliss-reactive ketones (excluding diaryl/α,β-unsaturated/α-hetero) is 1. The maximum absolute atomic E-state index is 10.7. The standard InChI is InChI=1S/C9H18N2O/c1-7(6-8(2)12)10-9(3)11(4)5/h9H,6H2,1-5H3. The molecule has 0 aromatic carbocycles. The predicted octanol–water partition coefficient (Wildman–Crippen LogP) is 1.33. The number of rotatable bonds is 4. The molecule has 3 nitrogen and oxygen atoms in total. The first kappa shape index (κ1) is 11.3. The monoisotopic (exact) mass is 170 g/mol. The summed E-state index contributed by atoms with van der Waals surface area (Å²) in [5.74, 6) is 0.169. The molecule has 0 saturated heterocycles. The van der Waals surface area contributed by atoms with Crippen LogP contribution in [0.5, 0.6) is 0 Å². The maximum atomic E-state index is 10.7. The van der Waals surface area contributed by atoms with Crippen LogP contribution in [0.3, 0.4) is 0 Å². The third kappa shape index (κ3) is 5.02. The lowest BCUT2D eigenvalue weighted by molar-refractivity contribution is -0.115. The largest absolute Gasteiger partial charge is 0.300 e. The number of carbonyl (C=O) groups is 1. The molecule has 0 spiro atoms. The lowest BCUT2D eigenvalue weighted by Gasteiger charge is -2.15. The van der Waals surface area contributed by atoms with E-state index in [2.05, 4.69) is 4.99 Å². The Kier molecular flexibility index (Phi) is 4.74. The first-order valence-electron chi connectivity index (χ1n) is 4.12. The van der Waals surface area contributed by atoms with E-state index < -0.39 is 0 Å². The van der Waals surface area contributed by atoms with Crippen LogP contribution in [-0.4, -0.2) is 36.7 Å². The fourth-order valence-electron chi connectivity index (χ4n) is 0.840. The summed E-state index contributed by atoms with van der Waals surface area (Å²) in [5.41, 5.74) is 0.906. The Morgan fingerprint density at radius 2 is 1.92 bits per heavy atom. The molecule has 0 heterocycles. The van der Waals surface area contributed by atoms with Gasteiger partial charge < -0.3 is 0 Å². The van der Waals surface area contributed by atoms with Crippen LogP contribution in [0.4, 0.5) is 0 Å².